The SMILES string of the molecule is CC(C)OC(=O)CN1C(=O)S/C(=C/c2cc(Br)ccc2OCc2cccc(F)c2)C1=O. The summed E-state index contributed by atoms with van der Waals surface area (Å²) in [6.07, 6.45) is 1.19. The topological polar surface area (TPSA) is 72.9 Å². The molecule has 0 aromatic heterocycles. The van der Waals surface area contributed by atoms with Gasteiger partial charge in [-0.1, -0.05) is 28.1 Å². The number of nitrogens with zero attached hydrogens (tertiary/aromatic N) is 1. The van der Waals surface area contributed by atoms with Gasteiger partial charge in [-0.3, -0.25) is 19.3 Å². The van der Waals surface area contributed by atoms with Crippen molar-refractivity contribution in [2.24, 2.45) is 0 Å². The van der Waals surface area contributed by atoms with Crippen LogP contribution in [0.3, 0.4) is 0 Å². The van der Waals surface area contributed by atoms with E-state index in [0.29, 0.717) is 16.9 Å². The summed E-state index contributed by atoms with van der Waals surface area (Å²) < 4.78 is 25.0. The molecule has 1 aliphatic heterocycles. The highest BCUT2D eigenvalue weighted by Gasteiger charge is 2.37. The average molecular weight is 508 g/mol. The zero-order chi connectivity index (χ0) is 22.5. The van der Waals surface area contributed by atoms with Crippen LogP contribution >= 0.6 is 27.7 Å². The predicted molar refractivity (Wildman–Crippen MR) is 119 cm³/mol. The van der Waals surface area contributed by atoms with Crippen LogP contribution in [0.4, 0.5) is 9.18 Å². The van der Waals surface area contributed by atoms with Crippen LogP contribution in [0, 0.1) is 5.82 Å². The second-order valence-electron chi connectivity index (χ2n) is 6.91. The van der Waals surface area contributed by atoms with Gasteiger partial charge in [0.2, 0.25) is 0 Å². The first kappa shape index (κ1) is 23.0. The van der Waals surface area contributed by atoms with Crippen LogP contribution in [-0.4, -0.2) is 34.7 Å². The maximum atomic E-state index is 13.4. The molecular formula is C22H19BrFNO5S. The minimum absolute atomic E-state index is 0.128. The molecule has 0 saturated carbocycles. The highest BCUT2D eigenvalue weighted by Crippen LogP contribution is 2.35. The van der Waals surface area contributed by atoms with E-state index in [1.807, 2.05) is 0 Å². The number of thioether (sulfide) groups is 1. The second-order valence-corrected chi connectivity index (χ2v) is 8.82. The Balaban J connectivity index is 1.79. The van der Waals surface area contributed by atoms with Crippen LogP contribution in [0.1, 0.15) is 25.0 Å². The Morgan fingerprint density at radius 2 is 2.00 bits per heavy atom. The summed E-state index contributed by atoms with van der Waals surface area (Å²) in [5.74, 6) is -1.13. The number of hydrogen-bond acceptors (Lipinski definition) is 6. The number of esters is 1. The van der Waals surface area contributed by atoms with Crippen molar-refractivity contribution in [3.63, 3.8) is 0 Å². The minimum atomic E-state index is -0.653. The summed E-state index contributed by atoms with van der Waals surface area (Å²) in [6.45, 7) is 3.05. The molecule has 1 saturated heterocycles. The van der Waals surface area contributed by atoms with Crippen molar-refractivity contribution < 1.29 is 28.2 Å². The predicted octanol–water partition coefficient (Wildman–Crippen LogP) is 5.16. The van der Waals surface area contributed by atoms with Crippen molar-refractivity contribution in [2.75, 3.05) is 6.54 Å². The summed E-state index contributed by atoms with van der Waals surface area (Å²) in [4.78, 5) is 37.8. The number of imide groups is 1. The lowest BCUT2D eigenvalue weighted by Gasteiger charge is -2.13. The van der Waals surface area contributed by atoms with Gasteiger partial charge in [0.1, 0.15) is 24.7 Å². The third-order valence-electron chi connectivity index (χ3n) is 4.07. The maximum absolute atomic E-state index is 13.4. The molecule has 162 valence electrons. The minimum Gasteiger partial charge on any atom is -0.488 e. The van der Waals surface area contributed by atoms with Crippen LogP contribution in [0.2, 0.25) is 0 Å². The molecule has 9 heteroatoms. The van der Waals surface area contributed by atoms with Crippen LogP contribution in [0.25, 0.3) is 6.08 Å². The number of carbonyl (C=O) groups is 3. The zero-order valence-corrected chi connectivity index (χ0v) is 19.2. The van der Waals surface area contributed by atoms with Crippen molar-refractivity contribution in [3.05, 3.63) is 68.8 Å². The van der Waals surface area contributed by atoms with E-state index < -0.39 is 23.7 Å². The zero-order valence-electron chi connectivity index (χ0n) is 16.8. The van der Waals surface area contributed by atoms with Gasteiger partial charge < -0.3 is 9.47 Å². The first-order valence-corrected chi connectivity index (χ1v) is 11.0. The summed E-state index contributed by atoms with van der Waals surface area (Å²) in [5, 5.41) is -0.547. The third kappa shape index (κ3) is 6.18. The first-order chi connectivity index (χ1) is 14.7. The second kappa shape index (κ2) is 10.1. The van der Waals surface area contributed by atoms with Crippen molar-refractivity contribution in [3.8, 4) is 5.75 Å². The Morgan fingerprint density at radius 3 is 2.71 bits per heavy atom. The molecule has 0 unspecified atom stereocenters. The van der Waals surface area contributed by atoms with Gasteiger partial charge >= 0.3 is 5.97 Å². The van der Waals surface area contributed by atoms with Gasteiger partial charge in [-0.2, -0.15) is 0 Å². The number of amides is 2. The van der Waals surface area contributed by atoms with E-state index in [0.717, 1.165) is 21.1 Å². The summed E-state index contributed by atoms with van der Waals surface area (Å²) >= 11 is 4.12. The van der Waals surface area contributed by atoms with E-state index in [4.69, 9.17) is 9.47 Å². The van der Waals surface area contributed by atoms with Gasteiger partial charge in [0.15, 0.2) is 0 Å². The standard InChI is InChI=1S/C22H19BrFNO5S/c1-13(2)30-20(26)11-25-21(27)19(31-22(25)28)10-15-9-16(23)6-7-18(15)29-12-14-4-3-5-17(24)8-14/h3-10,13H,11-12H2,1-2H3/b19-10+. The van der Waals surface area contributed by atoms with Gasteiger partial charge in [0.25, 0.3) is 11.1 Å². The fourth-order valence-corrected chi connectivity index (χ4v) is 3.97. The fraction of sp³-hybridized carbons (Fsp3) is 0.227. The summed E-state index contributed by atoms with van der Waals surface area (Å²) in [7, 11) is 0. The molecule has 6 nitrogen and oxygen atoms in total. The molecule has 2 aromatic rings. The maximum Gasteiger partial charge on any atom is 0.326 e. The highest BCUT2D eigenvalue weighted by atomic mass is 79.9. The molecule has 31 heavy (non-hydrogen) atoms. The monoisotopic (exact) mass is 507 g/mol. The van der Waals surface area contributed by atoms with Gasteiger partial charge in [0, 0.05) is 10.0 Å². The van der Waals surface area contributed by atoms with Crippen LogP contribution in [0.15, 0.2) is 51.8 Å². The van der Waals surface area contributed by atoms with E-state index in [-0.39, 0.29) is 23.4 Å². The van der Waals surface area contributed by atoms with Crippen molar-refractivity contribution in [1.29, 1.82) is 0 Å². The highest BCUT2D eigenvalue weighted by molar-refractivity contribution is 9.10. The molecule has 0 bridgehead atoms. The van der Waals surface area contributed by atoms with Crippen molar-refractivity contribution >= 4 is 50.9 Å². The van der Waals surface area contributed by atoms with Gasteiger partial charge in [-0.15, -0.1) is 0 Å². The first-order valence-electron chi connectivity index (χ1n) is 9.34. The normalized spacial score (nSPS) is 15.1. The smallest absolute Gasteiger partial charge is 0.326 e. The van der Waals surface area contributed by atoms with Gasteiger partial charge in [0.05, 0.1) is 11.0 Å². The Bertz CT molecular complexity index is 1060. The van der Waals surface area contributed by atoms with E-state index in [1.165, 1.54) is 18.2 Å². The number of ether oxygens (including phenoxy) is 2. The summed E-state index contributed by atoms with van der Waals surface area (Å²) in [6, 6.07) is 11.3. The molecule has 1 fully saturated rings. The summed E-state index contributed by atoms with van der Waals surface area (Å²) in [5.41, 5.74) is 1.21. The lowest BCUT2D eigenvalue weighted by Crippen LogP contribution is -2.35. The third-order valence-corrected chi connectivity index (χ3v) is 5.47. The molecule has 0 spiro atoms. The molecule has 3 rings (SSSR count). The lowest BCUT2D eigenvalue weighted by atomic mass is 10.1. The number of benzene rings is 2. The molecule has 2 aromatic carbocycles. The molecule has 0 atom stereocenters. The molecular weight excluding hydrogens is 489 g/mol. The number of carbonyl (C=O) groups excluding carboxylic acids is 3. The molecule has 1 aliphatic rings. The van der Waals surface area contributed by atoms with Crippen molar-refractivity contribution in [1.82, 2.24) is 4.90 Å². The fourth-order valence-electron chi connectivity index (χ4n) is 2.76. The Labute approximate surface area is 191 Å². The average Bonchev–Trinajstić information content (AvgIpc) is 2.94. The molecule has 0 N–H and O–H groups in total. The lowest BCUT2D eigenvalue weighted by molar-refractivity contribution is -0.149. The Kier molecular flexibility index (Phi) is 7.50. The Hall–Kier alpha value is -2.65. The molecule has 0 radical (unpaired) electrons. The van der Waals surface area contributed by atoms with E-state index in [9.17, 15) is 18.8 Å². The van der Waals surface area contributed by atoms with Crippen LogP contribution in [0.5, 0.6) is 5.75 Å². The number of rotatable bonds is 7. The molecule has 2 amide bonds. The largest absolute Gasteiger partial charge is 0.488 e. The van der Waals surface area contributed by atoms with Gasteiger partial charge in [-0.25, -0.2) is 4.39 Å². The number of hydrogen-bond donors (Lipinski definition) is 0. The van der Waals surface area contributed by atoms with Crippen molar-refractivity contribution in [2.45, 2.75) is 26.6 Å². The van der Waals surface area contributed by atoms with Gasteiger partial charge in [-0.05, 0) is 67.6 Å². The van der Waals surface area contributed by atoms with E-state index in [2.05, 4.69) is 15.9 Å². The Morgan fingerprint density at radius 1 is 1.23 bits per heavy atom. The van der Waals surface area contributed by atoms with E-state index >= 15 is 0 Å². The quantitative estimate of drug-likeness (QED) is 0.380. The molecule has 0 aliphatic carbocycles. The number of halogens is 2. The molecule has 1 heterocycles. The van der Waals surface area contributed by atoms with Crippen LogP contribution in [-0.2, 0) is 20.9 Å². The van der Waals surface area contributed by atoms with Crippen LogP contribution < -0.4 is 4.74 Å². The van der Waals surface area contributed by atoms with E-state index in [1.54, 1.807) is 44.2 Å².